The van der Waals surface area contributed by atoms with Crippen molar-refractivity contribution in [1.82, 2.24) is 10.3 Å². The van der Waals surface area contributed by atoms with Gasteiger partial charge in [0.25, 0.3) is 0 Å². The summed E-state index contributed by atoms with van der Waals surface area (Å²) in [5.74, 6) is -3.56. The highest BCUT2D eigenvalue weighted by molar-refractivity contribution is 6.30. The van der Waals surface area contributed by atoms with Crippen LogP contribution in [-0.4, -0.2) is 29.6 Å². The fourth-order valence-electron chi connectivity index (χ4n) is 3.54. The number of hydrogen-bond donors (Lipinski definition) is 1. The van der Waals surface area contributed by atoms with E-state index in [-0.39, 0.29) is 34.9 Å². The Hall–Kier alpha value is -3.67. The zero-order valence-corrected chi connectivity index (χ0v) is 19.7. The topological polar surface area (TPSA) is 51.2 Å². The molecule has 0 saturated heterocycles. The van der Waals surface area contributed by atoms with Gasteiger partial charge in [0, 0.05) is 30.8 Å². The van der Waals surface area contributed by atoms with Gasteiger partial charge in [-0.25, -0.2) is 4.39 Å². The van der Waals surface area contributed by atoms with Crippen LogP contribution >= 0.6 is 11.6 Å². The number of benzene rings is 2. The molecule has 0 aliphatic heterocycles. The molecule has 2 aromatic carbocycles. The van der Waals surface area contributed by atoms with Crippen LogP contribution in [0.2, 0.25) is 5.02 Å². The third-order valence-electron chi connectivity index (χ3n) is 5.11. The molecule has 0 saturated carbocycles. The Morgan fingerprint density at radius 3 is 2.29 bits per heavy atom. The number of halogens is 9. The summed E-state index contributed by atoms with van der Waals surface area (Å²) in [7, 11) is 0. The molecular formula is C25H17ClF8N2O2. The molecule has 13 heteroatoms. The maximum Gasteiger partial charge on any atom is 0.461 e. The van der Waals surface area contributed by atoms with Crippen molar-refractivity contribution in [2.24, 2.45) is 0 Å². The predicted molar refractivity (Wildman–Crippen MR) is 121 cm³/mol. The quantitative estimate of drug-likeness (QED) is 0.229. The van der Waals surface area contributed by atoms with E-state index in [1.54, 1.807) is 30.3 Å². The van der Waals surface area contributed by atoms with Gasteiger partial charge in [0.2, 0.25) is 5.91 Å². The van der Waals surface area contributed by atoms with Gasteiger partial charge in [0.05, 0.1) is 10.7 Å². The van der Waals surface area contributed by atoms with Gasteiger partial charge in [0.1, 0.15) is 17.1 Å². The molecule has 1 atom stereocenters. The number of carbonyl (C=O) groups is 1. The van der Waals surface area contributed by atoms with E-state index < -0.39 is 41.7 Å². The highest BCUT2D eigenvalue weighted by Gasteiger charge is 2.45. The Labute approximate surface area is 215 Å². The van der Waals surface area contributed by atoms with E-state index >= 15 is 0 Å². The molecule has 0 fully saturated rings. The first-order valence-corrected chi connectivity index (χ1v) is 11.0. The van der Waals surface area contributed by atoms with E-state index in [1.807, 2.05) is 0 Å². The average molecular weight is 565 g/mol. The minimum absolute atomic E-state index is 0.0864. The molecule has 38 heavy (non-hydrogen) atoms. The van der Waals surface area contributed by atoms with Crippen LogP contribution in [0.3, 0.4) is 0 Å². The molecule has 0 aliphatic carbocycles. The van der Waals surface area contributed by atoms with Crippen molar-refractivity contribution >= 4 is 17.5 Å². The smallest absolute Gasteiger partial charge is 0.428 e. The lowest BCUT2D eigenvalue weighted by Gasteiger charge is -2.35. The second-order valence-electron chi connectivity index (χ2n) is 7.93. The number of hydrogen-bond acceptors (Lipinski definition) is 3. The van der Waals surface area contributed by atoms with Crippen molar-refractivity contribution in [2.75, 3.05) is 0 Å². The fraction of sp³-hybridized carbons (Fsp3) is 0.200. The summed E-state index contributed by atoms with van der Waals surface area (Å²) in [5, 5.41) is 2.48. The number of allylic oxidation sites excluding steroid dienone is 1. The summed E-state index contributed by atoms with van der Waals surface area (Å²) in [4.78, 5) is 16.8. The highest BCUT2D eigenvalue weighted by Crippen LogP contribution is 2.37. The molecule has 0 radical (unpaired) electrons. The van der Waals surface area contributed by atoms with Crippen LogP contribution in [0.15, 0.2) is 79.0 Å². The minimum atomic E-state index is -5.00. The third-order valence-corrected chi connectivity index (χ3v) is 5.33. The molecule has 3 rings (SSSR count). The summed E-state index contributed by atoms with van der Waals surface area (Å²) in [6.45, 7) is 0. The summed E-state index contributed by atoms with van der Waals surface area (Å²) >= 11 is 5.91. The number of aromatic nitrogens is 1. The molecule has 1 unspecified atom stereocenters. The number of amides is 1. The van der Waals surface area contributed by atoms with Gasteiger partial charge in [-0.2, -0.15) is 30.7 Å². The van der Waals surface area contributed by atoms with Gasteiger partial charge in [0.15, 0.2) is 0 Å². The SMILES string of the molecule is O=C(C=CC(F)(F)F)NC(Cc1ccccc1)(c1cc(F)cc(OC(F)(F)C(F)F)c1)c1ccc(Cl)cn1. The molecular weight excluding hydrogens is 548 g/mol. The predicted octanol–water partition coefficient (Wildman–Crippen LogP) is 6.83. The van der Waals surface area contributed by atoms with Crippen molar-refractivity contribution in [2.45, 2.75) is 30.7 Å². The van der Waals surface area contributed by atoms with Crippen LogP contribution in [0.25, 0.3) is 0 Å². The van der Waals surface area contributed by atoms with Crippen LogP contribution < -0.4 is 10.1 Å². The van der Waals surface area contributed by atoms with E-state index in [1.165, 1.54) is 12.1 Å². The number of nitrogens with one attached hydrogen (secondary N) is 1. The second kappa shape index (κ2) is 11.4. The van der Waals surface area contributed by atoms with E-state index in [0.29, 0.717) is 11.6 Å². The monoisotopic (exact) mass is 564 g/mol. The van der Waals surface area contributed by atoms with Crippen LogP contribution in [0.5, 0.6) is 5.75 Å². The molecule has 1 aromatic heterocycles. The minimum Gasteiger partial charge on any atom is -0.428 e. The fourth-order valence-corrected chi connectivity index (χ4v) is 3.65. The van der Waals surface area contributed by atoms with Gasteiger partial charge in [-0.15, -0.1) is 0 Å². The Morgan fingerprint density at radius 2 is 1.71 bits per heavy atom. The first-order chi connectivity index (χ1) is 17.7. The second-order valence-corrected chi connectivity index (χ2v) is 8.37. The summed E-state index contributed by atoms with van der Waals surface area (Å²) in [6, 6.07) is 12.5. The number of alkyl halides is 7. The lowest BCUT2D eigenvalue weighted by atomic mass is 9.80. The summed E-state index contributed by atoms with van der Waals surface area (Å²) in [6.07, 6.45) is -13.4. The van der Waals surface area contributed by atoms with Gasteiger partial charge >= 0.3 is 18.7 Å². The summed E-state index contributed by atoms with van der Waals surface area (Å²) in [5.41, 5.74) is -1.99. The normalized spacial score (nSPS) is 13.9. The molecule has 0 spiro atoms. The molecule has 1 heterocycles. The molecule has 1 N–H and O–H groups in total. The van der Waals surface area contributed by atoms with E-state index in [9.17, 15) is 39.9 Å². The van der Waals surface area contributed by atoms with Crippen molar-refractivity contribution in [3.63, 3.8) is 0 Å². The van der Waals surface area contributed by atoms with Crippen LogP contribution in [-0.2, 0) is 16.8 Å². The number of ether oxygens (including phenoxy) is 1. The lowest BCUT2D eigenvalue weighted by Crippen LogP contribution is -2.49. The van der Waals surface area contributed by atoms with Gasteiger partial charge in [-0.1, -0.05) is 41.9 Å². The maximum atomic E-state index is 14.7. The van der Waals surface area contributed by atoms with Crippen LogP contribution in [0, 0.1) is 5.82 Å². The maximum absolute atomic E-state index is 14.7. The number of pyridine rings is 1. The largest absolute Gasteiger partial charge is 0.461 e. The van der Waals surface area contributed by atoms with Crippen molar-refractivity contribution < 1.29 is 44.7 Å². The molecule has 0 bridgehead atoms. The molecule has 202 valence electrons. The van der Waals surface area contributed by atoms with Crippen LogP contribution in [0.1, 0.15) is 16.8 Å². The Kier molecular flexibility index (Phi) is 8.65. The first-order valence-electron chi connectivity index (χ1n) is 10.6. The van der Waals surface area contributed by atoms with Crippen molar-refractivity contribution in [3.8, 4) is 5.75 Å². The Morgan fingerprint density at radius 1 is 1.03 bits per heavy atom. The molecule has 3 aromatic rings. The van der Waals surface area contributed by atoms with Crippen molar-refractivity contribution in [3.05, 3.63) is 107 Å². The average Bonchev–Trinajstić information content (AvgIpc) is 2.82. The highest BCUT2D eigenvalue weighted by atomic mass is 35.5. The molecule has 0 aliphatic rings. The third kappa shape index (κ3) is 7.44. The first kappa shape index (κ1) is 28.9. The van der Waals surface area contributed by atoms with E-state index in [0.717, 1.165) is 18.3 Å². The van der Waals surface area contributed by atoms with Crippen molar-refractivity contribution in [1.29, 1.82) is 0 Å². The lowest BCUT2D eigenvalue weighted by molar-refractivity contribution is -0.253. The van der Waals surface area contributed by atoms with E-state index in [2.05, 4.69) is 15.0 Å². The van der Waals surface area contributed by atoms with Gasteiger partial charge < -0.3 is 10.1 Å². The van der Waals surface area contributed by atoms with Gasteiger partial charge in [-0.05, 0) is 35.4 Å². The molecule has 1 amide bonds. The number of nitrogens with zero attached hydrogens (tertiary/aromatic N) is 1. The zero-order valence-electron chi connectivity index (χ0n) is 19.0. The Bertz CT molecular complexity index is 1280. The summed E-state index contributed by atoms with van der Waals surface area (Å²) < 4.78 is 110. The zero-order chi connectivity index (χ0) is 28.1. The molecule has 4 nitrogen and oxygen atoms in total. The van der Waals surface area contributed by atoms with Crippen LogP contribution in [0.4, 0.5) is 35.1 Å². The van der Waals surface area contributed by atoms with E-state index in [4.69, 9.17) is 11.6 Å². The number of carbonyl (C=O) groups excluding carboxylic acids is 1. The Balaban J connectivity index is 2.26. The van der Waals surface area contributed by atoms with Gasteiger partial charge in [-0.3, -0.25) is 9.78 Å². The standard InChI is InChI=1S/C25H17ClF8N2O2/c26-17-6-7-20(35-14-17)23(13-15-4-2-1-3-5-15,36-21(37)8-9-24(30,31)32)16-10-18(27)12-19(11-16)38-25(33,34)22(28)29/h1-12,14,22H,13H2,(H,36,37). The number of rotatable bonds is 9.